The van der Waals surface area contributed by atoms with Gasteiger partial charge in [-0.3, -0.25) is 19.2 Å². The molecule has 2 heterocycles. The highest BCUT2D eigenvalue weighted by molar-refractivity contribution is 7.87. The number of hydrogen-bond donors (Lipinski definition) is 3. The maximum Gasteiger partial charge on any atom is 0.425 e. The zero-order valence-electron chi connectivity index (χ0n) is 59.3. The van der Waals surface area contributed by atoms with Crippen LogP contribution in [0.2, 0.25) is 0 Å². The average molecular weight is 1390 g/mol. The van der Waals surface area contributed by atoms with Crippen LogP contribution in [0.4, 0.5) is 9.59 Å². The first-order valence-corrected chi connectivity index (χ1v) is 34.5. The summed E-state index contributed by atoms with van der Waals surface area (Å²) < 4.78 is 62.7. The Morgan fingerprint density at radius 2 is 1.29 bits per heavy atom. The van der Waals surface area contributed by atoms with Gasteiger partial charge in [0, 0.05) is 62.0 Å². The molecule has 0 fully saturated rings. The third-order valence-electron chi connectivity index (χ3n) is 16.6. The van der Waals surface area contributed by atoms with Crippen molar-refractivity contribution in [2.24, 2.45) is 11.8 Å². The lowest BCUT2D eigenvalue weighted by molar-refractivity contribution is -0.146. The molecule has 0 unspecified atom stereocenters. The molecule has 530 valence electrons. The van der Waals surface area contributed by atoms with Crippen LogP contribution in [0.1, 0.15) is 143 Å². The maximum absolute atomic E-state index is 16.5. The van der Waals surface area contributed by atoms with Crippen molar-refractivity contribution in [3.05, 3.63) is 196 Å². The molecule has 8 rings (SSSR count). The van der Waals surface area contributed by atoms with Gasteiger partial charge < -0.3 is 44.3 Å². The number of hydrogen-bond acceptors (Lipinski definition) is 17. The Balaban J connectivity index is 1.33. The SMILES string of the molecule is COC(=O)[C@@H]1Cc2ccc(OCCNC(=O)OC(C)(C)C)c(c2)-c2cc(cc(O)c2OCc2ccccc2)[C@H](N(C)C(=O)[C@@H](CC(=O)c2c(C)nc(-c3ccc(C(C)(C)C)cc3)nc2C)CN(Cc2ccccc2)S(=O)(=O)N(Cc2ccccc2)C(=O)OC(C)(C)C)C(=O)C[C@@H](C)C(=O)N1. The van der Waals surface area contributed by atoms with Crippen molar-refractivity contribution in [1.29, 1.82) is 0 Å². The number of alkyl carbamates (subject to hydrolysis) is 1. The van der Waals surface area contributed by atoms with Crippen molar-refractivity contribution in [3.8, 4) is 39.8 Å². The van der Waals surface area contributed by atoms with E-state index in [0.717, 1.165) is 14.8 Å². The Labute approximate surface area is 585 Å². The number of nitrogens with one attached hydrogen (secondary N) is 2. The molecule has 6 aromatic carbocycles. The molecule has 7 aromatic rings. The molecule has 3 N–H and O–H groups in total. The number of ether oxygens (including phenoxy) is 5. The van der Waals surface area contributed by atoms with E-state index in [1.165, 1.54) is 33.2 Å². The van der Waals surface area contributed by atoms with Crippen LogP contribution in [-0.4, -0.2) is 130 Å². The molecule has 4 atom stereocenters. The number of phenols is 1. The lowest BCUT2D eigenvalue weighted by atomic mass is 9.86. The first-order valence-electron chi connectivity index (χ1n) is 33.1. The quantitative estimate of drug-likeness (QED) is 0.0246. The van der Waals surface area contributed by atoms with Gasteiger partial charge in [-0.1, -0.05) is 149 Å². The Morgan fingerprint density at radius 1 is 0.710 bits per heavy atom. The van der Waals surface area contributed by atoms with Crippen LogP contribution in [0.5, 0.6) is 17.2 Å². The summed E-state index contributed by atoms with van der Waals surface area (Å²) in [6.45, 7) is 18.9. The third-order valence-corrected chi connectivity index (χ3v) is 18.3. The summed E-state index contributed by atoms with van der Waals surface area (Å²) in [5.74, 6) is -6.95. The number of amides is 4. The second kappa shape index (κ2) is 32.3. The predicted octanol–water partition coefficient (Wildman–Crippen LogP) is 12.3. The fourth-order valence-corrected chi connectivity index (χ4v) is 13.1. The topological polar surface area (TPSA) is 280 Å². The predicted molar refractivity (Wildman–Crippen MR) is 378 cm³/mol. The number of fused-ring (bicyclic) bond motifs is 5. The molecular weight excluding hydrogens is 1290 g/mol. The van der Waals surface area contributed by atoms with Crippen molar-refractivity contribution in [2.45, 2.75) is 151 Å². The van der Waals surface area contributed by atoms with E-state index in [-0.39, 0.29) is 76.7 Å². The molecule has 23 heteroatoms. The van der Waals surface area contributed by atoms with E-state index in [1.54, 1.807) is 134 Å². The zero-order chi connectivity index (χ0) is 73.0. The highest BCUT2D eigenvalue weighted by atomic mass is 32.2. The van der Waals surface area contributed by atoms with Crippen molar-refractivity contribution < 1.29 is 70.8 Å². The van der Waals surface area contributed by atoms with Gasteiger partial charge in [-0.2, -0.15) is 17.0 Å². The Kier molecular flexibility index (Phi) is 24.5. The molecule has 0 aliphatic carbocycles. The molecule has 22 nitrogen and oxygen atoms in total. The lowest BCUT2D eigenvalue weighted by Crippen LogP contribution is -2.51. The normalized spacial score (nSPS) is 15.5. The van der Waals surface area contributed by atoms with Crippen LogP contribution in [-0.2, 0) is 75.1 Å². The minimum absolute atomic E-state index is 0.0236. The molecular formula is C77H91N7O15S. The van der Waals surface area contributed by atoms with E-state index in [9.17, 15) is 24.3 Å². The second-order valence-electron chi connectivity index (χ2n) is 28.0. The van der Waals surface area contributed by atoms with Gasteiger partial charge in [0.2, 0.25) is 11.8 Å². The smallest absolute Gasteiger partial charge is 0.425 e. The number of nitrogens with zero attached hydrogens (tertiary/aromatic N) is 5. The molecule has 4 bridgehead atoms. The molecule has 100 heavy (non-hydrogen) atoms. The van der Waals surface area contributed by atoms with E-state index in [0.29, 0.717) is 37.9 Å². The highest BCUT2D eigenvalue weighted by Gasteiger charge is 2.43. The first kappa shape index (κ1) is 75.8. The number of phenolic OH excluding ortho intramolecular Hbond substituents is 1. The number of carbonyl (C=O) groups excluding carboxylic acids is 7. The molecule has 0 saturated heterocycles. The van der Waals surface area contributed by atoms with Gasteiger partial charge in [-0.25, -0.2) is 24.4 Å². The van der Waals surface area contributed by atoms with Crippen molar-refractivity contribution in [3.63, 3.8) is 0 Å². The number of rotatable bonds is 22. The number of aromatic hydroxyl groups is 1. The van der Waals surface area contributed by atoms with E-state index in [4.69, 9.17) is 33.7 Å². The molecule has 1 aliphatic heterocycles. The summed E-state index contributed by atoms with van der Waals surface area (Å²) in [4.78, 5) is 114. The number of aromatic nitrogens is 2. The monoisotopic (exact) mass is 1390 g/mol. The van der Waals surface area contributed by atoms with E-state index in [2.05, 4.69) is 31.4 Å². The van der Waals surface area contributed by atoms with E-state index >= 15 is 22.8 Å². The molecule has 0 spiro atoms. The zero-order valence-corrected chi connectivity index (χ0v) is 60.2. The highest BCUT2D eigenvalue weighted by Crippen LogP contribution is 2.46. The summed E-state index contributed by atoms with van der Waals surface area (Å²) in [6.07, 6.45) is -3.37. The summed E-state index contributed by atoms with van der Waals surface area (Å²) in [5, 5.41) is 18.0. The number of benzene rings is 6. The average Bonchev–Trinajstić information content (AvgIpc) is 0.778. The van der Waals surface area contributed by atoms with Crippen LogP contribution < -0.4 is 20.1 Å². The summed E-state index contributed by atoms with van der Waals surface area (Å²) in [7, 11) is -2.66. The van der Waals surface area contributed by atoms with Gasteiger partial charge in [0.05, 0.1) is 43.1 Å². The number of ketones is 2. The largest absolute Gasteiger partial charge is 0.504 e. The maximum atomic E-state index is 16.5. The number of methoxy groups -OCH3 is 1. The number of Topliss-reactive ketones (excluding diaryl/α,β-unsaturated/α-hetero) is 2. The van der Waals surface area contributed by atoms with Gasteiger partial charge >= 0.3 is 28.4 Å². The molecule has 1 aromatic heterocycles. The Morgan fingerprint density at radius 3 is 1.86 bits per heavy atom. The Bertz CT molecular complexity index is 4190. The van der Waals surface area contributed by atoms with Crippen LogP contribution in [0.3, 0.4) is 0 Å². The summed E-state index contributed by atoms with van der Waals surface area (Å²) >= 11 is 0. The third kappa shape index (κ3) is 19.9. The van der Waals surface area contributed by atoms with Crippen LogP contribution >= 0.6 is 0 Å². The minimum Gasteiger partial charge on any atom is -0.504 e. The standard InChI is InChI=1S/C77H91N7O15S/c1-48-38-63(86)67(56-41-60(68(64(87)42-56)97-47-53-28-22-17-23-29-53)59-39-54(40-61(72(90)95-14)81-70(48)88)30-35-65(59)96-37-36-78-73(91)98-76(7,8)9)82(13)71(89)57(43-62(85)66-49(2)79-69(80-50(66)3)55-31-33-58(34-32-55)75(4,5)6)46-83(44-51-24-18-15-19-25-51)100(93,94)84(74(92)99-77(10,11)12)45-52-26-20-16-21-27-52/h15-35,39,41-42,48,57,61,67,87H,36-38,40,43-47H2,1-14H3,(H,78,91)(H,81,88)/t48-,57+,61+,67+/m1/s1. The number of aryl methyl sites for hydroxylation is 2. The van der Waals surface area contributed by atoms with Crippen LogP contribution in [0.25, 0.3) is 22.5 Å². The Hall–Kier alpha value is -10.0. The fourth-order valence-electron chi connectivity index (χ4n) is 11.6. The fraction of sp³-hybridized carbons (Fsp3) is 0.390. The molecule has 4 amide bonds. The second-order valence-corrected chi connectivity index (χ2v) is 29.9. The van der Waals surface area contributed by atoms with Gasteiger partial charge in [0.25, 0.3) is 0 Å². The molecule has 0 radical (unpaired) electrons. The summed E-state index contributed by atoms with van der Waals surface area (Å²) in [5.41, 5.74) is 2.51. The van der Waals surface area contributed by atoms with Crippen molar-refractivity contribution in [2.75, 3.05) is 33.9 Å². The first-order chi connectivity index (χ1) is 47.1. The van der Waals surface area contributed by atoms with Crippen LogP contribution in [0.15, 0.2) is 146 Å². The van der Waals surface area contributed by atoms with Gasteiger partial charge in [0.15, 0.2) is 28.9 Å². The summed E-state index contributed by atoms with van der Waals surface area (Å²) in [6, 6.07) is 38.3. The number of esters is 1. The number of likely N-dealkylation sites (N-methyl/N-ethyl adjacent to an activating group) is 1. The van der Waals surface area contributed by atoms with E-state index < -0.39 is 125 Å². The van der Waals surface area contributed by atoms with Crippen molar-refractivity contribution in [1.82, 2.24) is 34.1 Å². The van der Waals surface area contributed by atoms with Gasteiger partial charge in [0.1, 0.15) is 42.2 Å². The molecule has 1 aliphatic rings. The van der Waals surface area contributed by atoms with Gasteiger partial charge in [-0.05, 0) is 118 Å². The number of carbonyl (C=O) groups is 7. The van der Waals surface area contributed by atoms with Gasteiger partial charge in [-0.15, -0.1) is 0 Å². The van der Waals surface area contributed by atoms with Crippen LogP contribution in [0, 0.1) is 25.7 Å². The lowest BCUT2D eigenvalue weighted by Gasteiger charge is -2.35. The molecule has 0 saturated carbocycles. The van der Waals surface area contributed by atoms with Crippen molar-refractivity contribution >= 4 is 51.7 Å². The minimum atomic E-state index is -5.12. The van der Waals surface area contributed by atoms with E-state index in [1.807, 2.05) is 54.6 Å².